The van der Waals surface area contributed by atoms with E-state index in [9.17, 15) is 22.7 Å². The van der Waals surface area contributed by atoms with Gasteiger partial charge in [-0.15, -0.1) is 0 Å². The van der Waals surface area contributed by atoms with Crippen molar-refractivity contribution in [3.63, 3.8) is 0 Å². The highest BCUT2D eigenvalue weighted by Gasteiger charge is 2.49. The molecule has 0 aliphatic carbocycles. The molecule has 1 aliphatic rings. The molecule has 206 valence electrons. The molecule has 6 nitrogen and oxygen atoms in total. The van der Waals surface area contributed by atoms with Crippen LogP contribution in [0, 0.1) is 12.7 Å². The predicted octanol–water partition coefficient (Wildman–Crippen LogP) is 5.83. The maximum absolute atomic E-state index is 15.3. The highest BCUT2D eigenvalue weighted by atomic mass is 19.3. The summed E-state index contributed by atoms with van der Waals surface area (Å²) in [7, 11) is 1.63. The highest BCUT2D eigenvalue weighted by molar-refractivity contribution is 5.90. The molecule has 1 fully saturated rings. The smallest absolute Gasteiger partial charge is 0.303 e. The minimum absolute atomic E-state index is 0.0338. The zero-order chi connectivity index (χ0) is 28.0. The first-order valence-electron chi connectivity index (χ1n) is 12.2. The summed E-state index contributed by atoms with van der Waals surface area (Å²) in [4.78, 5) is 10.4. The zero-order valence-electron chi connectivity index (χ0n) is 21.8. The number of hydrogen-bond acceptors (Lipinski definition) is 6. The third kappa shape index (κ3) is 5.54. The van der Waals surface area contributed by atoms with Gasteiger partial charge in [0.1, 0.15) is 35.4 Å². The van der Waals surface area contributed by atoms with Crippen molar-refractivity contribution in [1.29, 1.82) is 0 Å². The number of nitrogens with zero attached hydrogens (tertiary/aromatic N) is 3. The van der Waals surface area contributed by atoms with Crippen LogP contribution in [0.1, 0.15) is 50.2 Å². The monoisotopic (exact) mass is 538 g/mol. The van der Waals surface area contributed by atoms with Crippen LogP contribution in [0.2, 0.25) is 0 Å². The molecule has 1 saturated heterocycles. The molecule has 1 aliphatic heterocycles. The maximum Gasteiger partial charge on any atom is 0.303 e. The van der Waals surface area contributed by atoms with Crippen LogP contribution in [0.4, 0.5) is 27.8 Å². The third-order valence-electron chi connectivity index (χ3n) is 6.81. The highest BCUT2D eigenvalue weighted by Crippen LogP contribution is 2.41. The molecular weight excluding hydrogens is 507 g/mol. The normalized spacial score (nSPS) is 19.1. The van der Waals surface area contributed by atoms with Gasteiger partial charge in [-0.1, -0.05) is 12.1 Å². The van der Waals surface area contributed by atoms with Crippen molar-refractivity contribution in [1.82, 2.24) is 14.9 Å². The van der Waals surface area contributed by atoms with Crippen LogP contribution in [-0.2, 0) is 5.92 Å². The van der Waals surface area contributed by atoms with Crippen LogP contribution >= 0.6 is 0 Å². The summed E-state index contributed by atoms with van der Waals surface area (Å²) in [6, 6.07) is 7.46. The first-order valence-corrected chi connectivity index (χ1v) is 12.2. The maximum atomic E-state index is 15.3. The Morgan fingerprint density at radius 2 is 1.92 bits per heavy atom. The fraction of sp³-hybridized carbons (Fsp3) is 0.481. The first kappa shape index (κ1) is 28.0. The van der Waals surface area contributed by atoms with Crippen molar-refractivity contribution >= 4 is 16.7 Å². The molecule has 0 amide bonds. The van der Waals surface area contributed by atoms with Gasteiger partial charge in [0, 0.05) is 23.4 Å². The number of nitrogens with one attached hydrogen (secondary N) is 1. The van der Waals surface area contributed by atoms with Gasteiger partial charge in [0.05, 0.1) is 23.7 Å². The average molecular weight is 539 g/mol. The van der Waals surface area contributed by atoms with Crippen molar-refractivity contribution in [3.8, 4) is 5.75 Å². The number of rotatable bonds is 8. The summed E-state index contributed by atoms with van der Waals surface area (Å²) in [5, 5.41) is 13.5. The molecule has 3 aromatic rings. The average Bonchev–Trinajstić information content (AvgIpc) is 3.08. The summed E-state index contributed by atoms with van der Waals surface area (Å²) >= 11 is 0. The van der Waals surface area contributed by atoms with E-state index in [1.165, 1.54) is 12.1 Å². The van der Waals surface area contributed by atoms with Gasteiger partial charge in [0.2, 0.25) is 0 Å². The van der Waals surface area contributed by atoms with E-state index in [1.807, 2.05) is 0 Å². The van der Waals surface area contributed by atoms with Gasteiger partial charge in [-0.05, 0) is 59.0 Å². The van der Waals surface area contributed by atoms with Crippen LogP contribution in [-0.4, -0.2) is 57.7 Å². The first-order chi connectivity index (χ1) is 17.6. The molecule has 1 aromatic heterocycles. The van der Waals surface area contributed by atoms with Crippen molar-refractivity contribution < 1.29 is 31.8 Å². The molecule has 0 spiro atoms. The van der Waals surface area contributed by atoms with Gasteiger partial charge in [0.25, 0.3) is 5.92 Å². The molecule has 2 heterocycles. The Labute approximate surface area is 217 Å². The minimum Gasteiger partial charge on any atom is -0.492 e. The number of alkyl halides is 4. The topological polar surface area (TPSA) is 70.5 Å². The molecule has 2 aromatic carbocycles. The fourth-order valence-electron chi connectivity index (χ4n) is 4.60. The van der Waals surface area contributed by atoms with E-state index in [2.05, 4.69) is 15.3 Å². The lowest BCUT2D eigenvalue weighted by molar-refractivity contribution is -0.170. The molecule has 4 rings (SSSR count). The van der Waals surface area contributed by atoms with Crippen LogP contribution in [0.25, 0.3) is 10.9 Å². The number of anilines is 1. The summed E-state index contributed by atoms with van der Waals surface area (Å²) in [5.41, 5.74) is -2.85. The van der Waals surface area contributed by atoms with E-state index >= 15 is 4.39 Å². The molecular formula is C27H31F5N4O2. The largest absolute Gasteiger partial charge is 0.492 e. The Morgan fingerprint density at radius 1 is 1.21 bits per heavy atom. The van der Waals surface area contributed by atoms with Crippen molar-refractivity contribution in [2.75, 3.05) is 25.5 Å². The van der Waals surface area contributed by atoms with E-state index in [4.69, 9.17) is 4.74 Å². The second-order valence-electron chi connectivity index (χ2n) is 10.4. The molecule has 2 atom stereocenters. The van der Waals surface area contributed by atoms with Crippen molar-refractivity contribution in [2.24, 2.45) is 0 Å². The van der Waals surface area contributed by atoms with E-state index < -0.39 is 40.9 Å². The lowest BCUT2D eigenvalue weighted by Crippen LogP contribution is -2.41. The Balaban J connectivity index is 1.61. The van der Waals surface area contributed by atoms with E-state index in [0.29, 0.717) is 28.3 Å². The number of fused-ring (bicyclic) bond motifs is 1. The molecule has 0 radical (unpaired) electrons. The number of ether oxygens (including phenoxy) is 1. The lowest BCUT2D eigenvalue weighted by Gasteiger charge is -2.30. The number of hydrogen-bond donors (Lipinski definition) is 2. The van der Waals surface area contributed by atoms with E-state index in [1.54, 1.807) is 44.0 Å². The van der Waals surface area contributed by atoms with Gasteiger partial charge in [-0.2, -0.15) is 8.78 Å². The standard InChI is InChI=1S/C27H31F5N4O2/c1-15(19-7-6-8-21(23(19)28)27(31,32)25(3,4)37)33-24-20-11-18(9-10-22(20)34-16(2)35-24)38-13-17-12-26(29,30)14-36(17)5/h6-11,15,17,37H,12-14H2,1-5H3,(H,33,34,35)/t15-,17+/m1/s1. The van der Waals surface area contributed by atoms with Gasteiger partial charge in [-0.3, -0.25) is 4.90 Å². The molecule has 2 N–H and O–H groups in total. The van der Waals surface area contributed by atoms with E-state index in [-0.39, 0.29) is 25.1 Å². The van der Waals surface area contributed by atoms with Crippen molar-refractivity contribution in [2.45, 2.75) is 63.6 Å². The number of aromatic nitrogens is 2. The van der Waals surface area contributed by atoms with Crippen molar-refractivity contribution in [3.05, 3.63) is 59.2 Å². The van der Waals surface area contributed by atoms with Gasteiger partial charge in [-0.25, -0.2) is 23.1 Å². The summed E-state index contributed by atoms with van der Waals surface area (Å²) < 4.78 is 78.1. The predicted molar refractivity (Wildman–Crippen MR) is 134 cm³/mol. The number of aliphatic hydroxyl groups is 1. The number of likely N-dealkylation sites (tertiary alicyclic amines) is 1. The Kier molecular flexibility index (Phi) is 7.30. The van der Waals surface area contributed by atoms with Gasteiger partial charge in [0.15, 0.2) is 0 Å². The van der Waals surface area contributed by atoms with Gasteiger partial charge < -0.3 is 15.2 Å². The van der Waals surface area contributed by atoms with E-state index in [0.717, 1.165) is 19.9 Å². The zero-order valence-corrected chi connectivity index (χ0v) is 21.8. The Morgan fingerprint density at radius 3 is 2.55 bits per heavy atom. The number of aryl methyl sites for hydroxylation is 1. The van der Waals surface area contributed by atoms with Crippen LogP contribution in [0.5, 0.6) is 5.75 Å². The molecule has 0 unspecified atom stereocenters. The third-order valence-corrected chi connectivity index (χ3v) is 6.81. The molecule has 11 heteroatoms. The second-order valence-corrected chi connectivity index (χ2v) is 10.4. The summed E-state index contributed by atoms with van der Waals surface area (Å²) in [5.74, 6) is -6.53. The Hall–Kier alpha value is -3.05. The number of likely N-dealkylation sites (N-methyl/N-ethyl adjacent to an activating group) is 1. The molecule has 0 saturated carbocycles. The second kappa shape index (κ2) is 9.92. The van der Waals surface area contributed by atoms with Crippen LogP contribution in [0.3, 0.4) is 0 Å². The lowest BCUT2D eigenvalue weighted by atomic mass is 9.91. The Bertz CT molecular complexity index is 1330. The summed E-state index contributed by atoms with van der Waals surface area (Å²) in [6.07, 6.45) is -0.291. The van der Waals surface area contributed by atoms with Crippen LogP contribution in [0.15, 0.2) is 36.4 Å². The number of benzene rings is 2. The summed E-state index contributed by atoms with van der Waals surface area (Å²) in [6.45, 7) is 4.87. The fourth-order valence-corrected chi connectivity index (χ4v) is 4.60. The molecule has 38 heavy (non-hydrogen) atoms. The number of halogens is 5. The quantitative estimate of drug-likeness (QED) is 0.352. The van der Waals surface area contributed by atoms with Gasteiger partial charge >= 0.3 is 5.92 Å². The minimum atomic E-state index is -3.82. The molecule has 0 bridgehead atoms. The van der Waals surface area contributed by atoms with Crippen LogP contribution < -0.4 is 10.1 Å². The SMILES string of the molecule is Cc1nc(N[C@H](C)c2cccc(C(F)(F)C(C)(C)O)c2F)c2cc(OC[C@@H]3CC(F)(F)CN3C)ccc2n1.